The van der Waals surface area contributed by atoms with Crippen LogP contribution in [0.25, 0.3) is 5.69 Å². The number of aryl methyl sites for hydroxylation is 2. The highest BCUT2D eigenvalue weighted by Crippen LogP contribution is 2.28. The maximum Gasteiger partial charge on any atom is 0.233 e. The zero-order chi connectivity index (χ0) is 22.5. The average molecular weight is 447 g/mol. The fraction of sp³-hybridized carbons (Fsp3) is 0.240. The largest absolute Gasteiger partial charge is 0.467 e. The van der Waals surface area contributed by atoms with Crippen molar-refractivity contribution in [3.8, 4) is 5.69 Å². The van der Waals surface area contributed by atoms with Crippen molar-refractivity contribution < 1.29 is 9.21 Å². The molecule has 0 fully saturated rings. The van der Waals surface area contributed by atoms with E-state index in [1.54, 1.807) is 12.3 Å². The second-order valence-corrected chi connectivity index (χ2v) is 9.05. The zero-order valence-corrected chi connectivity index (χ0v) is 19.2. The molecule has 1 amide bonds. The second kappa shape index (κ2) is 9.87. The molecule has 0 spiro atoms. The Morgan fingerprint density at radius 2 is 1.91 bits per heavy atom. The smallest absolute Gasteiger partial charge is 0.233 e. The molecule has 0 saturated heterocycles. The van der Waals surface area contributed by atoms with Gasteiger partial charge in [-0.1, -0.05) is 59.8 Å². The van der Waals surface area contributed by atoms with E-state index in [1.165, 1.54) is 17.3 Å². The van der Waals surface area contributed by atoms with Gasteiger partial charge in [0.05, 0.1) is 23.7 Å². The van der Waals surface area contributed by atoms with Crippen LogP contribution >= 0.6 is 11.8 Å². The minimum atomic E-state index is -0.344. The summed E-state index contributed by atoms with van der Waals surface area (Å²) in [6.07, 6.45) is 2.25. The normalized spacial score (nSPS) is 12.0. The maximum atomic E-state index is 12.7. The summed E-state index contributed by atoms with van der Waals surface area (Å²) in [4.78, 5) is 12.7. The van der Waals surface area contributed by atoms with Gasteiger partial charge in [0.25, 0.3) is 0 Å². The second-order valence-electron chi connectivity index (χ2n) is 7.74. The molecule has 0 aliphatic carbocycles. The highest BCUT2D eigenvalue weighted by atomic mass is 32.2. The topological polar surface area (TPSA) is 73.0 Å². The van der Waals surface area contributed by atoms with Crippen molar-refractivity contribution in [2.45, 2.75) is 44.1 Å². The van der Waals surface area contributed by atoms with Gasteiger partial charge < -0.3 is 9.73 Å². The van der Waals surface area contributed by atoms with Gasteiger partial charge in [-0.05, 0) is 50.1 Å². The molecular weight excluding hydrogens is 420 g/mol. The lowest BCUT2D eigenvalue weighted by Gasteiger charge is -2.16. The van der Waals surface area contributed by atoms with Crippen LogP contribution < -0.4 is 5.32 Å². The summed E-state index contributed by atoms with van der Waals surface area (Å²) < 4.78 is 7.37. The number of thioether (sulfide) groups is 1. The zero-order valence-electron chi connectivity index (χ0n) is 18.4. The summed E-state index contributed by atoms with van der Waals surface area (Å²) in [5.41, 5.74) is 4.52. The summed E-state index contributed by atoms with van der Waals surface area (Å²) in [5, 5.41) is 12.2. The number of hydrogen-bond acceptors (Lipinski definition) is 5. The Balaban J connectivity index is 1.60. The number of nitrogens with zero attached hydrogens (tertiary/aromatic N) is 3. The molecule has 2 aromatic carbocycles. The van der Waals surface area contributed by atoms with E-state index in [2.05, 4.69) is 64.3 Å². The van der Waals surface area contributed by atoms with Gasteiger partial charge in [-0.15, -0.1) is 10.2 Å². The molecule has 32 heavy (non-hydrogen) atoms. The van der Waals surface area contributed by atoms with Crippen LogP contribution in [-0.4, -0.2) is 25.9 Å². The minimum absolute atomic E-state index is 0.0776. The van der Waals surface area contributed by atoms with Crippen molar-refractivity contribution in [1.82, 2.24) is 20.1 Å². The first-order chi connectivity index (χ1) is 15.5. The summed E-state index contributed by atoms with van der Waals surface area (Å²) in [6, 6.07) is 20.2. The Morgan fingerprint density at radius 3 is 2.62 bits per heavy atom. The van der Waals surface area contributed by atoms with Gasteiger partial charge in [-0.25, -0.2) is 0 Å². The fourth-order valence-electron chi connectivity index (χ4n) is 3.51. The first kappa shape index (κ1) is 21.9. The lowest BCUT2D eigenvalue weighted by atomic mass is 10.1. The molecular formula is C25H26N4O2S. The Bertz CT molecular complexity index is 1190. The third kappa shape index (κ3) is 5.11. The molecule has 0 bridgehead atoms. The minimum Gasteiger partial charge on any atom is -0.467 e. The van der Waals surface area contributed by atoms with Crippen molar-refractivity contribution in [3.05, 3.63) is 95.2 Å². The van der Waals surface area contributed by atoms with Crippen LogP contribution in [0, 0.1) is 13.8 Å². The predicted molar refractivity (Wildman–Crippen MR) is 126 cm³/mol. The van der Waals surface area contributed by atoms with E-state index in [4.69, 9.17) is 4.42 Å². The van der Waals surface area contributed by atoms with Gasteiger partial charge >= 0.3 is 0 Å². The standard InChI is InChI=1S/C25H26N4O2S/c1-17-11-12-22(18(2)14-17)29-23(15-20-8-5-4-6-9-20)27-28-25(29)32-19(3)24(30)26-16-21-10-7-13-31-21/h4-14,19H,15-16H2,1-3H3,(H,26,30). The number of carbonyl (C=O) groups is 1. The number of benzene rings is 2. The highest BCUT2D eigenvalue weighted by Gasteiger charge is 2.22. The summed E-state index contributed by atoms with van der Waals surface area (Å²) in [7, 11) is 0. The molecule has 1 unspecified atom stereocenters. The maximum absolute atomic E-state index is 12.7. The lowest BCUT2D eigenvalue weighted by Crippen LogP contribution is -2.30. The summed E-state index contributed by atoms with van der Waals surface area (Å²) in [5.74, 6) is 1.49. The molecule has 6 nitrogen and oxygen atoms in total. The van der Waals surface area contributed by atoms with Crippen LogP contribution in [0.1, 0.15) is 35.2 Å². The molecule has 1 atom stereocenters. The molecule has 4 rings (SSSR count). The van der Waals surface area contributed by atoms with E-state index < -0.39 is 0 Å². The van der Waals surface area contributed by atoms with E-state index >= 15 is 0 Å². The first-order valence-corrected chi connectivity index (χ1v) is 11.4. The number of nitrogens with one attached hydrogen (secondary N) is 1. The van der Waals surface area contributed by atoms with Gasteiger partial charge in [0, 0.05) is 6.42 Å². The molecule has 164 valence electrons. The molecule has 4 aromatic rings. The van der Waals surface area contributed by atoms with Crippen molar-refractivity contribution in [3.63, 3.8) is 0 Å². The molecule has 2 aromatic heterocycles. The monoisotopic (exact) mass is 446 g/mol. The molecule has 1 N–H and O–H groups in total. The molecule has 2 heterocycles. The Labute approximate surface area is 192 Å². The van der Waals surface area contributed by atoms with Crippen LogP contribution in [0.2, 0.25) is 0 Å². The molecule has 7 heteroatoms. The number of aromatic nitrogens is 3. The van der Waals surface area contributed by atoms with E-state index in [-0.39, 0.29) is 11.2 Å². The lowest BCUT2D eigenvalue weighted by molar-refractivity contribution is -0.120. The van der Waals surface area contributed by atoms with Crippen molar-refractivity contribution >= 4 is 17.7 Å². The number of rotatable bonds is 8. The molecule has 0 saturated carbocycles. The van der Waals surface area contributed by atoms with E-state index in [0.717, 1.165) is 28.4 Å². The Hall–Kier alpha value is -3.32. The molecule has 0 aliphatic heterocycles. The van der Waals surface area contributed by atoms with Gasteiger partial charge in [0.1, 0.15) is 11.6 Å². The predicted octanol–water partition coefficient (Wildman–Crippen LogP) is 4.86. The van der Waals surface area contributed by atoms with Crippen molar-refractivity contribution in [2.75, 3.05) is 0 Å². The van der Waals surface area contributed by atoms with E-state index in [0.29, 0.717) is 18.1 Å². The van der Waals surface area contributed by atoms with Crippen LogP contribution in [-0.2, 0) is 17.8 Å². The highest BCUT2D eigenvalue weighted by molar-refractivity contribution is 8.00. The van der Waals surface area contributed by atoms with Crippen molar-refractivity contribution in [2.24, 2.45) is 0 Å². The molecule has 0 aliphatic rings. The van der Waals surface area contributed by atoms with Crippen LogP contribution in [0.4, 0.5) is 0 Å². The fourth-order valence-corrected chi connectivity index (χ4v) is 4.41. The Morgan fingerprint density at radius 1 is 1.09 bits per heavy atom. The summed E-state index contributed by atoms with van der Waals surface area (Å²) in [6.45, 7) is 6.40. The van der Waals surface area contributed by atoms with E-state index in [1.807, 2.05) is 31.2 Å². The number of furan rings is 1. The molecule has 0 radical (unpaired) electrons. The average Bonchev–Trinajstić information content (AvgIpc) is 3.43. The first-order valence-electron chi connectivity index (χ1n) is 10.5. The number of hydrogen-bond donors (Lipinski definition) is 1. The van der Waals surface area contributed by atoms with E-state index in [9.17, 15) is 4.79 Å². The SMILES string of the molecule is Cc1ccc(-n2c(Cc3ccccc3)nnc2SC(C)C(=O)NCc2ccco2)c(C)c1. The Kier molecular flexibility index (Phi) is 6.75. The summed E-state index contributed by atoms with van der Waals surface area (Å²) >= 11 is 1.40. The van der Waals surface area contributed by atoms with Crippen LogP contribution in [0.15, 0.2) is 76.5 Å². The third-order valence-electron chi connectivity index (χ3n) is 5.17. The van der Waals surface area contributed by atoms with Gasteiger partial charge in [-0.2, -0.15) is 0 Å². The van der Waals surface area contributed by atoms with Crippen LogP contribution in [0.5, 0.6) is 0 Å². The quantitative estimate of drug-likeness (QED) is 0.391. The number of amides is 1. The number of carbonyl (C=O) groups excluding carboxylic acids is 1. The van der Waals surface area contributed by atoms with Crippen LogP contribution in [0.3, 0.4) is 0 Å². The van der Waals surface area contributed by atoms with Gasteiger partial charge in [0.2, 0.25) is 5.91 Å². The van der Waals surface area contributed by atoms with Crippen molar-refractivity contribution in [1.29, 1.82) is 0 Å². The van der Waals surface area contributed by atoms with Gasteiger partial charge in [-0.3, -0.25) is 9.36 Å². The third-order valence-corrected chi connectivity index (χ3v) is 6.21. The van der Waals surface area contributed by atoms with Gasteiger partial charge in [0.15, 0.2) is 5.16 Å².